The van der Waals surface area contributed by atoms with Crippen molar-refractivity contribution < 1.29 is 0 Å². The summed E-state index contributed by atoms with van der Waals surface area (Å²) in [7, 11) is 3.65. The van der Waals surface area contributed by atoms with Gasteiger partial charge in [-0.1, -0.05) is 6.07 Å². The second-order valence-electron chi connectivity index (χ2n) is 5.47. The van der Waals surface area contributed by atoms with Crippen LogP contribution in [0.25, 0.3) is 11.0 Å². The molecule has 0 amide bonds. The summed E-state index contributed by atoms with van der Waals surface area (Å²) in [6.45, 7) is 3.31. The molecule has 1 atom stereocenters. The zero-order valence-electron chi connectivity index (χ0n) is 11.2. The summed E-state index contributed by atoms with van der Waals surface area (Å²) in [6.07, 6.45) is 2.36. The number of fused-ring (bicyclic) bond motifs is 1. The van der Waals surface area contributed by atoms with Crippen LogP contribution >= 0.6 is 0 Å². The number of hydrogen-bond donors (Lipinski definition) is 1. The van der Waals surface area contributed by atoms with E-state index >= 15 is 0 Å². The van der Waals surface area contributed by atoms with Crippen molar-refractivity contribution in [1.82, 2.24) is 14.5 Å². The molecule has 96 valence electrons. The molecule has 1 aromatic carbocycles. The van der Waals surface area contributed by atoms with Crippen LogP contribution in [0.3, 0.4) is 0 Å². The highest BCUT2D eigenvalue weighted by Crippen LogP contribution is 2.31. The van der Waals surface area contributed by atoms with Crippen LogP contribution in [0, 0.1) is 0 Å². The molecule has 0 aliphatic carbocycles. The van der Waals surface area contributed by atoms with Gasteiger partial charge in [0.05, 0.1) is 11.0 Å². The predicted molar refractivity (Wildman–Crippen MR) is 72.7 cm³/mol. The molecular weight excluding hydrogens is 226 g/mol. The minimum atomic E-state index is 0.0340. The third-order valence-corrected chi connectivity index (χ3v) is 4.28. The molecule has 2 heterocycles. The summed E-state index contributed by atoms with van der Waals surface area (Å²) >= 11 is 0. The van der Waals surface area contributed by atoms with E-state index in [9.17, 15) is 4.79 Å². The molecule has 0 saturated carbocycles. The third kappa shape index (κ3) is 1.45. The van der Waals surface area contributed by atoms with Gasteiger partial charge >= 0.3 is 5.69 Å². The molecule has 1 saturated heterocycles. The smallest absolute Gasteiger partial charge is 0.308 e. The minimum Gasteiger partial charge on any atom is -0.308 e. The lowest BCUT2D eigenvalue weighted by Crippen LogP contribution is -2.33. The number of rotatable bonds is 1. The zero-order valence-corrected chi connectivity index (χ0v) is 11.2. The van der Waals surface area contributed by atoms with Crippen molar-refractivity contribution in [2.75, 3.05) is 6.54 Å². The van der Waals surface area contributed by atoms with Gasteiger partial charge in [-0.15, -0.1) is 0 Å². The molecule has 1 aliphatic rings. The summed E-state index contributed by atoms with van der Waals surface area (Å²) in [4.78, 5) is 11.9. The normalized spacial score (nSPS) is 23.9. The van der Waals surface area contributed by atoms with E-state index in [4.69, 9.17) is 0 Å². The van der Waals surface area contributed by atoms with Crippen LogP contribution in [-0.2, 0) is 19.6 Å². The number of aromatic nitrogens is 2. The molecule has 2 aromatic rings. The maximum absolute atomic E-state index is 11.9. The number of hydrogen-bond acceptors (Lipinski definition) is 2. The molecule has 0 bridgehead atoms. The Hall–Kier alpha value is -1.55. The summed E-state index contributed by atoms with van der Waals surface area (Å²) < 4.78 is 3.42. The molecule has 1 aromatic heterocycles. The van der Waals surface area contributed by atoms with Crippen molar-refractivity contribution in [1.29, 1.82) is 0 Å². The van der Waals surface area contributed by atoms with Gasteiger partial charge in [0.2, 0.25) is 0 Å². The highest BCUT2D eigenvalue weighted by Gasteiger charge is 2.30. The first-order valence-electron chi connectivity index (χ1n) is 6.44. The molecule has 4 heteroatoms. The maximum atomic E-state index is 11.9. The Balaban J connectivity index is 2.23. The minimum absolute atomic E-state index is 0.0340. The van der Waals surface area contributed by atoms with Gasteiger partial charge in [-0.05, 0) is 44.0 Å². The molecule has 4 nitrogen and oxygen atoms in total. The van der Waals surface area contributed by atoms with E-state index in [1.54, 1.807) is 9.13 Å². The van der Waals surface area contributed by atoms with Crippen LogP contribution in [0.1, 0.15) is 25.3 Å². The lowest BCUT2D eigenvalue weighted by Gasteiger charge is -2.25. The van der Waals surface area contributed by atoms with Gasteiger partial charge in [-0.2, -0.15) is 0 Å². The van der Waals surface area contributed by atoms with E-state index in [2.05, 4.69) is 30.4 Å². The molecule has 18 heavy (non-hydrogen) atoms. The van der Waals surface area contributed by atoms with Crippen molar-refractivity contribution in [3.63, 3.8) is 0 Å². The fourth-order valence-corrected chi connectivity index (χ4v) is 2.99. The van der Waals surface area contributed by atoms with Crippen LogP contribution in [0.5, 0.6) is 0 Å². The summed E-state index contributed by atoms with van der Waals surface area (Å²) in [5.41, 5.74) is 3.36. The molecule has 1 unspecified atom stereocenters. The quantitative estimate of drug-likeness (QED) is 0.826. The average molecular weight is 245 g/mol. The molecule has 3 rings (SSSR count). The molecule has 0 spiro atoms. The topological polar surface area (TPSA) is 39.0 Å². The Morgan fingerprint density at radius 1 is 1.22 bits per heavy atom. The van der Waals surface area contributed by atoms with Gasteiger partial charge in [0.1, 0.15) is 0 Å². The van der Waals surface area contributed by atoms with Crippen molar-refractivity contribution in [2.24, 2.45) is 14.1 Å². The van der Waals surface area contributed by atoms with E-state index in [-0.39, 0.29) is 11.2 Å². The Kier molecular flexibility index (Phi) is 2.38. The fraction of sp³-hybridized carbons (Fsp3) is 0.500. The summed E-state index contributed by atoms with van der Waals surface area (Å²) in [5.74, 6) is 0. The predicted octanol–water partition coefficient (Wildman–Crippen LogP) is 1.48. The summed E-state index contributed by atoms with van der Waals surface area (Å²) in [5, 5.41) is 3.56. The van der Waals surface area contributed by atoms with Gasteiger partial charge in [0.25, 0.3) is 0 Å². The fourth-order valence-electron chi connectivity index (χ4n) is 2.99. The zero-order chi connectivity index (χ0) is 12.9. The van der Waals surface area contributed by atoms with E-state index in [0.29, 0.717) is 0 Å². The van der Waals surface area contributed by atoms with E-state index in [1.165, 1.54) is 12.0 Å². The van der Waals surface area contributed by atoms with E-state index in [0.717, 1.165) is 24.0 Å². The first-order valence-corrected chi connectivity index (χ1v) is 6.44. The Labute approximate surface area is 106 Å². The average Bonchev–Trinajstić information content (AvgIpc) is 2.90. The molecular formula is C14H19N3O. The second kappa shape index (κ2) is 3.72. The van der Waals surface area contributed by atoms with Crippen LogP contribution in [-0.4, -0.2) is 15.7 Å². The molecule has 0 radical (unpaired) electrons. The van der Waals surface area contributed by atoms with Gasteiger partial charge < -0.3 is 5.32 Å². The van der Waals surface area contributed by atoms with E-state index < -0.39 is 0 Å². The van der Waals surface area contributed by atoms with Crippen LogP contribution < -0.4 is 11.0 Å². The van der Waals surface area contributed by atoms with Crippen molar-refractivity contribution >= 4 is 11.0 Å². The van der Waals surface area contributed by atoms with Crippen molar-refractivity contribution in [2.45, 2.75) is 25.3 Å². The van der Waals surface area contributed by atoms with Crippen LogP contribution in [0.15, 0.2) is 23.0 Å². The van der Waals surface area contributed by atoms with Crippen molar-refractivity contribution in [3.05, 3.63) is 34.2 Å². The lowest BCUT2D eigenvalue weighted by atomic mass is 9.90. The Morgan fingerprint density at radius 3 is 2.61 bits per heavy atom. The standard InChI is InChI=1S/C14H19N3O/c1-14(7-4-8-15-14)10-5-6-11-12(9-10)17(3)13(18)16(11)2/h5-6,9,15H,4,7-8H2,1-3H3. The van der Waals surface area contributed by atoms with Crippen molar-refractivity contribution in [3.8, 4) is 0 Å². The molecule has 1 aliphatic heterocycles. The molecule has 1 N–H and O–H groups in total. The number of benzene rings is 1. The highest BCUT2D eigenvalue weighted by atomic mass is 16.1. The van der Waals surface area contributed by atoms with Gasteiger partial charge in [-0.25, -0.2) is 4.79 Å². The Bertz CT molecular complexity index is 659. The SMILES string of the molecule is Cn1c(=O)n(C)c2cc(C3(C)CCCN3)ccc21. The maximum Gasteiger partial charge on any atom is 0.328 e. The molecule has 1 fully saturated rings. The van der Waals surface area contributed by atoms with Crippen LogP contribution in [0.4, 0.5) is 0 Å². The number of nitrogens with one attached hydrogen (secondary N) is 1. The third-order valence-electron chi connectivity index (χ3n) is 4.28. The number of imidazole rings is 1. The van der Waals surface area contributed by atoms with Gasteiger partial charge in [-0.3, -0.25) is 9.13 Å². The first kappa shape index (κ1) is 11.5. The number of nitrogens with zero attached hydrogens (tertiary/aromatic N) is 2. The second-order valence-corrected chi connectivity index (χ2v) is 5.47. The first-order chi connectivity index (χ1) is 8.53. The monoisotopic (exact) mass is 245 g/mol. The number of aryl methyl sites for hydroxylation is 2. The lowest BCUT2D eigenvalue weighted by molar-refractivity contribution is 0.435. The van der Waals surface area contributed by atoms with Crippen LogP contribution in [0.2, 0.25) is 0 Å². The highest BCUT2D eigenvalue weighted by molar-refractivity contribution is 5.77. The summed E-state index contributed by atoms with van der Waals surface area (Å²) in [6, 6.07) is 6.34. The van der Waals surface area contributed by atoms with E-state index in [1.807, 2.05) is 14.1 Å². The Morgan fingerprint density at radius 2 is 1.94 bits per heavy atom. The largest absolute Gasteiger partial charge is 0.328 e. The van der Waals surface area contributed by atoms with Gasteiger partial charge in [0, 0.05) is 19.6 Å². The van der Waals surface area contributed by atoms with Gasteiger partial charge in [0.15, 0.2) is 0 Å².